The molecular formula is C22H31N3O5S2. The highest BCUT2D eigenvalue weighted by molar-refractivity contribution is 7.92. The van der Waals surface area contributed by atoms with E-state index < -0.39 is 32.0 Å². The van der Waals surface area contributed by atoms with Gasteiger partial charge in [0.1, 0.15) is 6.04 Å². The van der Waals surface area contributed by atoms with Crippen LogP contribution in [0.3, 0.4) is 0 Å². The van der Waals surface area contributed by atoms with E-state index in [1.807, 2.05) is 19.9 Å². The zero-order valence-electron chi connectivity index (χ0n) is 19.3. The average molecular weight is 482 g/mol. The average Bonchev–Trinajstić information content (AvgIpc) is 2.70. The van der Waals surface area contributed by atoms with Gasteiger partial charge in [-0.2, -0.15) is 4.31 Å². The molecule has 0 aliphatic heterocycles. The number of hydrogen-bond acceptors (Lipinski definition) is 5. The van der Waals surface area contributed by atoms with Gasteiger partial charge < -0.3 is 5.32 Å². The van der Waals surface area contributed by atoms with E-state index in [9.17, 15) is 21.6 Å². The molecule has 1 N–H and O–H groups in total. The highest BCUT2D eigenvalue weighted by atomic mass is 32.2. The number of sulfonamides is 2. The van der Waals surface area contributed by atoms with E-state index in [1.165, 1.54) is 35.5 Å². The molecule has 0 heterocycles. The summed E-state index contributed by atoms with van der Waals surface area (Å²) in [5.74, 6) is -0.534. The summed E-state index contributed by atoms with van der Waals surface area (Å²) in [5, 5.41) is 2.67. The van der Waals surface area contributed by atoms with Gasteiger partial charge in [0.05, 0.1) is 16.8 Å². The first kappa shape index (κ1) is 25.8. The van der Waals surface area contributed by atoms with Gasteiger partial charge in [0.25, 0.3) is 0 Å². The van der Waals surface area contributed by atoms with Crippen molar-refractivity contribution in [1.82, 2.24) is 4.31 Å². The molecule has 2 aromatic carbocycles. The molecule has 0 spiro atoms. The van der Waals surface area contributed by atoms with Crippen molar-refractivity contribution in [2.24, 2.45) is 0 Å². The van der Waals surface area contributed by atoms with Crippen LogP contribution in [-0.2, 0) is 24.8 Å². The van der Waals surface area contributed by atoms with Gasteiger partial charge in [-0.1, -0.05) is 19.9 Å². The minimum Gasteiger partial charge on any atom is -0.324 e. The second kappa shape index (κ2) is 10.0. The maximum atomic E-state index is 12.9. The first-order valence-electron chi connectivity index (χ1n) is 10.3. The number of nitrogens with zero attached hydrogens (tertiary/aromatic N) is 2. The lowest BCUT2D eigenvalue weighted by atomic mass is 10.1. The predicted octanol–water partition coefficient (Wildman–Crippen LogP) is 3.13. The van der Waals surface area contributed by atoms with E-state index >= 15 is 0 Å². The lowest BCUT2D eigenvalue weighted by molar-refractivity contribution is -0.116. The highest BCUT2D eigenvalue weighted by Crippen LogP contribution is 2.25. The fourth-order valence-electron chi connectivity index (χ4n) is 3.34. The number of hydrogen-bond donors (Lipinski definition) is 1. The van der Waals surface area contributed by atoms with Crippen LogP contribution in [0.1, 0.15) is 31.9 Å². The second-order valence-corrected chi connectivity index (χ2v) is 11.4. The van der Waals surface area contributed by atoms with Crippen LogP contribution in [0.5, 0.6) is 0 Å². The maximum Gasteiger partial charge on any atom is 0.247 e. The number of carbonyl (C=O) groups is 1. The second-order valence-electron chi connectivity index (χ2n) is 7.61. The summed E-state index contributed by atoms with van der Waals surface area (Å²) < 4.78 is 52.6. The summed E-state index contributed by atoms with van der Waals surface area (Å²) in [6, 6.07) is 10.0. The van der Waals surface area contributed by atoms with Crippen molar-refractivity contribution in [2.45, 2.75) is 45.6 Å². The molecule has 1 amide bonds. The van der Waals surface area contributed by atoms with Crippen LogP contribution in [0, 0.1) is 13.8 Å². The van der Waals surface area contributed by atoms with E-state index in [-0.39, 0.29) is 4.90 Å². The number of amides is 1. The fraction of sp³-hybridized carbons (Fsp3) is 0.409. The molecule has 176 valence electrons. The summed E-state index contributed by atoms with van der Waals surface area (Å²) in [6.45, 7) is 9.54. The Labute approximate surface area is 191 Å². The van der Waals surface area contributed by atoms with Crippen molar-refractivity contribution < 1.29 is 21.6 Å². The third-order valence-electron chi connectivity index (χ3n) is 5.30. The minimum absolute atomic E-state index is 0.125. The minimum atomic E-state index is -3.74. The SMILES string of the molecule is CCN(CC)S(=O)(=O)c1ccc(NC(=O)C(C)N(c2ccc(C)c(C)c2)S(C)(=O)=O)cc1. The number of aryl methyl sites for hydroxylation is 2. The maximum absolute atomic E-state index is 12.9. The molecule has 1 atom stereocenters. The Balaban J connectivity index is 2.27. The van der Waals surface area contributed by atoms with Crippen LogP contribution in [-0.4, -0.2) is 52.4 Å². The van der Waals surface area contributed by atoms with E-state index in [2.05, 4.69) is 5.32 Å². The quantitative estimate of drug-likeness (QED) is 0.593. The van der Waals surface area contributed by atoms with E-state index in [0.717, 1.165) is 21.7 Å². The molecule has 8 nitrogen and oxygen atoms in total. The number of anilines is 2. The molecule has 0 aromatic heterocycles. The molecule has 0 radical (unpaired) electrons. The molecule has 0 bridgehead atoms. The number of carbonyl (C=O) groups excluding carboxylic acids is 1. The summed E-state index contributed by atoms with van der Waals surface area (Å²) in [6.07, 6.45) is 1.05. The molecule has 0 saturated carbocycles. The number of nitrogens with one attached hydrogen (secondary N) is 1. The largest absolute Gasteiger partial charge is 0.324 e. The third-order valence-corrected chi connectivity index (χ3v) is 8.60. The molecule has 1 unspecified atom stereocenters. The zero-order valence-corrected chi connectivity index (χ0v) is 20.9. The van der Waals surface area contributed by atoms with Gasteiger partial charge >= 0.3 is 0 Å². The summed E-state index contributed by atoms with van der Waals surface area (Å²) in [4.78, 5) is 13.0. The Kier molecular flexibility index (Phi) is 8.08. The van der Waals surface area contributed by atoms with Crippen LogP contribution >= 0.6 is 0 Å². The molecular weight excluding hydrogens is 450 g/mol. The number of rotatable bonds is 9. The van der Waals surface area contributed by atoms with Gasteiger partial charge in [0, 0.05) is 18.8 Å². The summed E-state index contributed by atoms with van der Waals surface area (Å²) in [7, 11) is -7.34. The smallest absolute Gasteiger partial charge is 0.247 e. The molecule has 0 aliphatic carbocycles. The van der Waals surface area contributed by atoms with E-state index in [1.54, 1.807) is 26.0 Å². The summed E-state index contributed by atoms with van der Waals surface area (Å²) in [5.41, 5.74) is 2.70. The zero-order chi connectivity index (χ0) is 24.3. The van der Waals surface area contributed by atoms with Crippen molar-refractivity contribution in [2.75, 3.05) is 29.0 Å². The Bertz CT molecular complexity index is 1170. The van der Waals surface area contributed by atoms with Gasteiger partial charge in [-0.3, -0.25) is 9.10 Å². The molecule has 2 aromatic rings. The van der Waals surface area contributed by atoms with Crippen molar-refractivity contribution in [3.63, 3.8) is 0 Å². The van der Waals surface area contributed by atoms with Crippen LogP contribution in [0.25, 0.3) is 0 Å². The first-order valence-corrected chi connectivity index (χ1v) is 13.6. The molecule has 32 heavy (non-hydrogen) atoms. The van der Waals surface area contributed by atoms with Gasteiger partial charge in [-0.25, -0.2) is 16.8 Å². The van der Waals surface area contributed by atoms with Crippen LogP contribution < -0.4 is 9.62 Å². The van der Waals surface area contributed by atoms with E-state index in [0.29, 0.717) is 24.5 Å². The molecule has 2 rings (SSSR count). The molecule has 0 fully saturated rings. The molecule has 0 aliphatic rings. The Hall–Kier alpha value is -2.43. The molecule has 0 saturated heterocycles. The number of benzene rings is 2. The fourth-order valence-corrected chi connectivity index (χ4v) is 5.97. The lowest BCUT2D eigenvalue weighted by Crippen LogP contribution is -2.45. The third kappa shape index (κ3) is 5.67. The van der Waals surface area contributed by atoms with Crippen LogP contribution in [0.4, 0.5) is 11.4 Å². The standard InChI is InChI=1S/C22H31N3O5S2/c1-7-24(8-2)32(29,30)21-13-10-19(11-14-21)23-22(26)18(5)25(31(6,27)28)20-12-9-16(3)17(4)15-20/h9-15,18H,7-8H2,1-6H3,(H,23,26). The van der Waals surface area contributed by atoms with Crippen molar-refractivity contribution in [3.05, 3.63) is 53.6 Å². The van der Waals surface area contributed by atoms with Crippen molar-refractivity contribution in [1.29, 1.82) is 0 Å². The van der Waals surface area contributed by atoms with E-state index in [4.69, 9.17) is 0 Å². The van der Waals surface area contributed by atoms with Gasteiger partial charge in [-0.15, -0.1) is 0 Å². The van der Waals surface area contributed by atoms with Crippen molar-refractivity contribution in [3.8, 4) is 0 Å². The van der Waals surface area contributed by atoms with Crippen LogP contribution in [0.2, 0.25) is 0 Å². The van der Waals surface area contributed by atoms with Crippen molar-refractivity contribution >= 4 is 37.3 Å². The van der Waals surface area contributed by atoms with Gasteiger partial charge in [-0.05, 0) is 68.3 Å². The van der Waals surface area contributed by atoms with Crippen LogP contribution in [0.15, 0.2) is 47.4 Å². The summed E-state index contributed by atoms with van der Waals surface area (Å²) >= 11 is 0. The first-order chi connectivity index (χ1) is 14.8. The topological polar surface area (TPSA) is 104 Å². The van der Waals surface area contributed by atoms with Gasteiger partial charge in [0.2, 0.25) is 26.0 Å². The highest BCUT2D eigenvalue weighted by Gasteiger charge is 2.29. The lowest BCUT2D eigenvalue weighted by Gasteiger charge is -2.28. The molecule has 10 heteroatoms. The monoisotopic (exact) mass is 481 g/mol. The Morgan fingerprint density at radius 1 is 0.938 bits per heavy atom. The Morgan fingerprint density at radius 2 is 1.50 bits per heavy atom. The Morgan fingerprint density at radius 3 is 1.97 bits per heavy atom. The predicted molar refractivity (Wildman–Crippen MR) is 128 cm³/mol. The van der Waals surface area contributed by atoms with Gasteiger partial charge in [0.15, 0.2) is 0 Å². The normalized spacial score (nSPS) is 13.1.